The zero-order chi connectivity index (χ0) is 19.2. The number of nitrogens with two attached hydrogens (primary N) is 2. The summed E-state index contributed by atoms with van der Waals surface area (Å²) in [5.74, 6) is -3.55. The lowest BCUT2D eigenvalue weighted by Crippen LogP contribution is -2.45. The number of thioether (sulfide) groups is 1. The number of H-pyrrole nitrogens is 1. The fourth-order valence-electron chi connectivity index (χ4n) is 2.94. The number of rotatable bonds is 3. The molecule has 0 aliphatic carbocycles. The van der Waals surface area contributed by atoms with E-state index >= 15 is 0 Å². The summed E-state index contributed by atoms with van der Waals surface area (Å²) in [5.41, 5.74) is 10.3. The van der Waals surface area contributed by atoms with Crippen LogP contribution in [0.5, 0.6) is 0 Å². The van der Waals surface area contributed by atoms with Crippen molar-refractivity contribution in [2.75, 3.05) is 0 Å². The summed E-state index contributed by atoms with van der Waals surface area (Å²) < 4.78 is 38.4. The number of nitrogens with one attached hydrogen (secondary N) is 1. The van der Waals surface area contributed by atoms with Gasteiger partial charge in [0.25, 0.3) is 0 Å². The highest BCUT2D eigenvalue weighted by Gasteiger charge is 2.46. The molecule has 26 heavy (non-hydrogen) atoms. The van der Waals surface area contributed by atoms with Crippen LogP contribution in [0.1, 0.15) is 21.9 Å². The van der Waals surface area contributed by atoms with Crippen molar-refractivity contribution in [2.24, 2.45) is 17.4 Å². The summed E-state index contributed by atoms with van der Waals surface area (Å²) in [4.78, 5) is 38.2. The summed E-state index contributed by atoms with van der Waals surface area (Å²) >= 11 is 1.75. The second-order valence-electron chi connectivity index (χ2n) is 5.67. The number of aromatic nitrogens is 1. The van der Waals surface area contributed by atoms with Gasteiger partial charge < -0.3 is 16.5 Å². The minimum Gasteiger partial charge on any atom is -0.369 e. The van der Waals surface area contributed by atoms with Gasteiger partial charge in [0.15, 0.2) is 0 Å². The van der Waals surface area contributed by atoms with Crippen LogP contribution in [0.3, 0.4) is 0 Å². The Balaban J connectivity index is 2.16. The molecule has 138 valence electrons. The Hall–Kier alpha value is -2.27. The van der Waals surface area contributed by atoms with Gasteiger partial charge in [-0.25, -0.2) is 0 Å². The van der Waals surface area contributed by atoms with Crippen LogP contribution < -0.4 is 16.3 Å². The summed E-state index contributed by atoms with van der Waals surface area (Å²) in [7, 11) is 0. The Bertz CT molecular complexity index is 921. The van der Waals surface area contributed by atoms with Gasteiger partial charge >= 0.3 is 11.0 Å². The second kappa shape index (κ2) is 6.47. The Morgan fingerprint density at radius 3 is 2.19 bits per heavy atom. The van der Waals surface area contributed by atoms with Crippen molar-refractivity contribution in [2.45, 2.75) is 22.4 Å². The third-order valence-corrected chi connectivity index (χ3v) is 6.49. The monoisotopic (exact) mass is 403 g/mol. The van der Waals surface area contributed by atoms with Crippen LogP contribution in [0.4, 0.5) is 13.2 Å². The number of hydrogen-bond acceptors (Lipinski definition) is 5. The van der Waals surface area contributed by atoms with Crippen LogP contribution in [-0.2, 0) is 15.8 Å². The number of halogens is 3. The molecular weight excluding hydrogens is 391 g/mol. The first-order valence-electron chi connectivity index (χ1n) is 7.25. The molecule has 0 fully saturated rings. The zero-order valence-corrected chi connectivity index (χ0v) is 14.5. The maximum atomic E-state index is 12.8. The fraction of sp³-hybridized carbons (Fsp3) is 0.267. The van der Waals surface area contributed by atoms with E-state index in [2.05, 4.69) is 4.98 Å². The molecule has 3 atom stereocenters. The maximum Gasteiger partial charge on any atom is 0.416 e. The van der Waals surface area contributed by atoms with Crippen molar-refractivity contribution in [3.8, 4) is 0 Å². The molecule has 3 rings (SSSR count). The maximum absolute atomic E-state index is 12.8. The van der Waals surface area contributed by atoms with E-state index in [0.717, 1.165) is 35.2 Å². The number of aromatic amines is 1. The zero-order valence-electron chi connectivity index (χ0n) is 12.9. The van der Waals surface area contributed by atoms with Crippen molar-refractivity contribution in [3.05, 3.63) is 49.9 Å². The summed E-state index contributed by atoms with van der Waals surface area (Å²) in [5, 5.41) is -0.677. The summed E-state index contributed by atoms with van der Waals surface area (Å²) in [6, 6.07) is 4.18. The lowest BCUT2D eigenvalue weighted by molar-refractivity contribution is -0.137. The van der Waals surface area contributed by atoms with E-state index in [0.29, 0.717) is 15.5 Å². The largest absolute Gasteiger partial charge is 0.416 e. The van der Waals surface area contributed by atoms with Gasteiger partial charge in [0.05, 0.1) is 16.5 Å². The van der Waals surface area contributed by atoms with Crippen LogP contribution in [-0.4, -0.2) is 22.0 Å². The van der Waals surface area contributed by atoms with Crippen molar-refractivity contribution >= 4 is 34.9 Å². The number of carbonyl (C=O) groups excluding carboxylic acids is 2. The highest BCUT2D eigenvalue weighted by atomic mass is 32.2. The smallest absolute Gasteiger partial charge is 0.369 e. The van der Waals surface area contributed by atoms with Gasteiger partial charge in [-0.1, -0.05) is 35.2 Å². The molecule has 11 heteroatoms. The number of carbonyl (C=O) groups is 2. The molecule has 6 nitrogen and oxygen atoms in total. The molecule has 2 aromatic rings. The Morgan fingerprint density at radius 1 is 1.08 bits per heavy atom. The van der Waals surface area contributed by atoms with Gasteiger partial charge in [-0.05, 0) is 17.7 Å². The molecule has 2 amide bonds. The van der Waals surface area contributed by atoms with Gasteiger partial charge in [-0.15, -0.1) is 0 Å². The quantitative estimate of drug-likeness (QED) is 0.722. The molecule has 0 saturated carbocycles. The molecule has 5 N–H and O–H groups in total. The average Bonchev–Trinajstić information content (AvgIpc) is 2.92. The van der Waals surface area contributed by atoms with Crippen molar-refractivity contribution in [3.63, 3.8) is 0 Å². The first-order valence-corrected chi connectivity index (χ1v) is 8.94. The lowest BCUT2D eigenvalue weighted by atomic mass is 9.81. The first-order chi connectivity index (χ1) is 12.1. The molecule has 0 saturated heterocycles. The van der Waals surface area contributed by atoms with E-state index in [9.17, 15) is 27.6 Å². The summed E-state index contributed by atoms with van der Waals surface area (Å²) in [6.45, 7) is 0. The minimum absolute atomic E-state index is 0.338. The molecule has 1 aromatic carbocycles. The molecule has 0 spiro atoms. The summed E-state index contributed by atoms with van der Waals surface area (Å²) in [6.07, 6.45) is -4.51. The number of primary amides is 2. The molecular formula is C15H12F3N3O3S2. The molecule has 1 aromatic heterocycles. The SMILES string of the molecule is NC(=O)[C@@H]1[C@H](c2ccc(C(F)(F)F)cc2)c2sc(=O)[nH]c2S[C@@H]1C(N)=O. The number of benzene rings is 1. The van der Waals surface area contributed by atoms with Crippen LogP contribution in [0, 0.1) is 5.92 Å². The molecule has 1 aliphatic heterocycles. The normalized spacial score (nSPS) is 22.7. The van der Waals surface area contributed by atoms with Gasteiger partial charge in [-0.2, -0.15) is 13.2 Å². The first kappa shape index (κ1) is 18.5. The van der Waals surface area contributed by atoms with Crippen LogP contribution in [0.15, 0.2) is 34.1 Å². The number of fused-ring (bicyclic) bond motifs is 1. The van der Waals surface area contributed by atoms with Crippen molar-refractivity contribution in [1.29, 1.82) is 0 Å². The van der Waals surface area contributed by atoms with E-state index in [1.54, 1.807) is 0 Å². The van der Waals surface area contributed by atoms with Gasteiger partial charge in [0.2, 0.25) is 11.8 Å². The van der Waals surface area contributed by atoms with E-state index in [-0.39, 0.29) is 0 Å². The van der Waals surface area contributed by atoms with Gasteiger partial charge in [0, 0.05) is 10.8 Å². The van der Waals surface area contributed by atoms with E-state index < -0.39 is 45.5 Å². The molecule has 0 bridgehead atoms. The van der Waals surface area contributed by atoms with Gasteiger partial charge in [0.1, 0.15) is 5.25 Å². The number of amides is 2. The highest BCUT2D eigenvalue weighted by molar-refractivity contribution is 8.00. The number of hydrogen-bond donors (Lipinski definition) is 3. The van der Waals surface area contributed by atoms with Crippen molar-refractivity contribution in [1.82, 2.24) is 4.98 Å². The third-order valence-electron chi connectivity index (χ3n) is 4.06. The molecule has 0 radical (unpaired) electrons. The Morgan fingerprint density at radius 2 is 1.69 bits per heavy atom. The van der Waals surface area contributed by atoms with Crippen LogP contribution in [0.25, 0.3) is 0 Å². The van der Waals surface area contributed by atoms with Crippen LogP contribution in [0.2, 0.25) is 0 Å². The standard InChI is InChI=1S/C15H12F3N3O3S2/c16-15(17,18)6-3-1-5(2-4-6)7-8(11(19)22)9(12(20)23)25-13-10(7)26-14(24)21-13/h1-4,7-9H,(H2,19,22)(H2,20,23)(H,21,24)/t7-,8+,9-/m0/s1. The minimum atomic E-state index is -4.51. The average molecular weight is 403 g/mol. The van der Waals surface area contributed by atoms with E-state index in [1.165, 1.54) is 12.1 Å². The fourth-order valence-corrected chi connectivity index (χ4v) is 5.39. The van der Waals surface area contributed by atoms with Crippen LogP contribution >= 0.6 is 23.1 Å². The highest BCUT2D eigenvalue weighted by Crippen LogP contribution is 2.49. The molecule has 2 heterocycles. The predicted octanol–water partition coefficient (Wildman–Crippen LogP) is 1.65. The lowest BCUT2D eigenvalue weighted by Gasteiger charge is -2.33. The predicted molar refractivity (Wildman–Crippen MR) is 89.8 cm³/mol. The Labute approximate surface area is 152 Å². The second-order valence-corrected chi connectivity index (χ2v) is 7.84. The van der Waals surface area contributed by atoms with Gasteiger partial charge in [-0.3, -0.25) is 14.4 Å². The van der Waals surface area contributed by atoms with E-state index in [4.69, 9.17) is 11.5 Å². The third kappa shape index (κ3) is 3.23. The Kier molecular flexibility index (Phi) is 4.61. The number of thiazole rings is 1. The topological polar surface area (TPSA) is 119 Å². The van der Waals surface area contributed by atoms with E-state index in [1.807, 2.05) is 0 Å². The molecule has 0 unspecified atom stereocenters. The van der Waals surface area contributed by atoms with Crippen molar-refractivity contribution < 1.29 is 22.8 Å². The molecule has 1 aliphatic rings. The number of alkyl halides is 3.